The van der Waals surface area contributed by atoms with E-state index in [4.69, 9.17) is 0 Å². The number of nitrogens with one attached hydrogen (secondary N) is 1. The van der Waals surface area contributed by atoms with Gasteiger partial charge in [0.15, 0.2) is 0 Å². The van der Waals surface area contributed by atoms with Gasteiger partial charge in [-0.15, -0.1) is 21.5 Å². The van der Waals surface area contributed by atoms with Crippen molar-refractivity contribution in [2.24, 2.45) is 5.92 Å². The summed E-state index contributed by atoms with van der Waals surface area (Å²) in [5.74, 6) is 3.45. The van der Waals surface area contributed by atoms with E-state index in [1.54, 1.807) is 0 Å². The second-order valence-corrected chi connectivity index (χ2v) is 7.30. The molecule has 0 aromatic carbocycles. The van der Waals surface area contributed by atoms with Gasteiger partial charge in [0.05, 0.1) is 0 Å². The van der Waals surface area contributed by atoms with Gasteiger partial charge in [0, 0.05) is 36.9 Å². The molecular weight excluding hydrogens is 280 g/mol. The third kappa shape index (κ3) is 3.19. The zero-order valence-corrected chi connectivity index (χ0v) is 13.9. The number of hydrogen-bond acceptors (Lipinski definition) is 4. The Morgan fingerprint density at radius 3 is 3.00 bits per heavy atom. The predicted molar refractivity (Wildman–Crippen MR) is 86.7 cm³/mol. The summed E-state index contributed by atoms with van der Waals surface area (Å²) in [6.07, 6.45) is 2.27. The third-order valence-electron chi connectivity index (χ3n) is 4.28. The Morgan fingerprint density at radius 2 is 2.29 bits per heavy atom. The standard InChI is InChI=1S/C16H24N4S/c1-11(2)16-19-18-15-5-4-13(10-20(15)16)8-17-9-14-12(3)6-7-21-14/h6-7,11,13,17H,4-5,8-10H2,1-3H3/t13-/m0/s1. The van der Waals surface area contributed by atoms with Crippen LogP contribution in [0.2, 0.25) is 0 Å². The molecule has 0 radical (unpaired) electrons. The number of thiophene rings is 1. The first-order chi connectivity index (χ1) is 10.1. The van der Waals surface area contributed by atoms with E-state index in [9.17, 15) is 0 Å². The van der Waals surface area contributed by atoms with E-state index in [-0.39, 0.29) is 0 Å². The molecule has 0 saturated heterocycles. The maximum Gasteiger partial charge on any atom is 0.135 e. The first-order valence-electron chi connectivity index (χ1n) is 7.80. The van der Waals surface area contributed by atoms with Crippen LogP contribution in [0, 0.1) is 12.8 Å². The minimum absolute atomic E-state index is 0.451. The Hall–Kier alpha value is -1.20. The number of aryl methyl sites for hydroxylation is 2. The largest absolute Gasteiger partial charge is 0.314 e. The molecule has 1 aliphatic heterocycles. The van der Waals surface area contributed by atoms with Gasteiger partial charge < -0.3 is 9.88 Å². The van der Waals surface area contributed by atoms with Crippen molar-refractivity contribution < 1.29 is 0 Å². The van der Waals surface area contributed by atoms with Gasteiger partial charge in [0.2, 0.25) is 0 Å². The molecular formula is C16H24N4S. The van der Waals surface area contributed by atoms with Gasteiger partial charge in [0.1, 0.15) is 11.6 Å². The highest BCUT2D eigenvalue weighted by Crippen LogP contribution is 2.23. The molecule has 0 bridgehead atoms. The predicted octanol–water partition coefficient (Wildman–Crippen LogP) is 3.12. The quantitative estimate of drug-likeness (QED) is 0.923. The molecule has 2 aromatic rings. The fourth-order valence-corrected chi connectivity index (χ4v) is 3.86. The lowest BCUT2D eigenvalue weighted by Gasteiger charge is -2.25. The minimum Gasteiger partial charge on any atom is -0.314 e. The lowest BCUT2D eigenvalue weighted by atomic mass is 9.98. The minimum atomic E-state index is 0.451. The zero-order valence-electron chi connectivity index (χ0n) is 13.1. The van der Waals surface area contributed by atoms with Crippen LogP contribution in [0.4, 0.5) is 0 Å². The molecule has 2 aromatic heterocycles. The summed E-state index contributed by atoms with van der Waals surface area (Å²) in [5.41, 5.74) is 1.40. The molecule has 1 atom stereocenters. The van der Waals surface area contributed by atoms with E-state index < -0.39 is 0 Å². The van der Waals surface area contributed by atoms with Crippen molar-refractivity contribution in [3.05, 3.63) is 33.5 Å². The monoisotopic (exact) mass is 304 g/mol. The van der Waals surface area contributed by atoms with Crippen molar-refractivity contribution in [1.29, 1.82) is 0 Å². The summed E-state index contributed by atoms with van der Waals surface area (Å²) in [6, 6.07) is 2.20. The van der Waals surface area contributed by atoms with Crippen LogP contribution in [0.1, 0.15) is 48.3 Å². The Labute approximate surface area is 130 Å². The molecule has 0 unspecified atom stereocenters. The molecule has 21 heavy (non-hydrogen) atoms. The van der Waals surface area contributed by atoms with Crippen LogP contribution in [0.3, 0.4) is 0 Å². The van der Waals surface area contributed by atoms with Crippen molar-refractivity contribution in [1.82, 2.24) is 20.1 Å². The summed E-state index contributed by atoms with van der Waals surface area (Å²) in [5, 5.41) is 14.5. The van der Waals surface area contributed by atoms with Gasteiger partial charge in [-0.3, -0.25) is 0 Å². The van der Waals surface area contributed by atoms with Crippen LogP contribution in [-0.2, 0) is 19.5 Å². The van der Waals surface area contributed by atoms with Gasteiger partial charge in [-0.1, -0.05) is 13.8 Å². The van der Waals surface area contributed by atoms with E-state index in [2.05, 4.69) is 52.3 Å². The summed E-state index contributed by atoms with van der Waals surface area (Å²) < 4.78 is 2.34. The zero-order chi connectivity index (χ0) is 14.8. The van der Waals surface area contributed by atoms with Crippen LogP contribution in [0.25, 0.3) is 0 Å². The van der Waals surface area contributed by atoms with Crippen molar-refractivity contribution >= 4 is 11.3 Å². The molecule has 0 fully saturated rings. The number of nitrogens with zero attached hydrogens (tertiary/aromatic N) is 3. The topological polar surface area (TPSA) is 42.7 Å². The fourth-order valence-electron chi connectivity index (χ4n) is 2.98. The van der Waals surface area contributed by atoms with Gasteiger partial charge in [-0.25, -0.2) is 0 Å². The number of fused-ring (bicyclic) bond motifs is 1. The lowest BCUT2D eigenvalue weighted by Crippen LogP contribution is -2.30. The van der Waals surface area contributed by atoms with Gasteiger partial charge >= 0.3 is 0 Å². The second kappa shape index (κ2) is 6.28. The van der Waals surface area contributed by atoms with E-state index in [0.29, 0.717) is 11.8 Å². The number of aromatic nitrogens is 3. The van der Waals surface area contributed by atoms with E-state index in [1.807, 2.05) is 11.3 Å². The third-order valence-corrected chi connectivity index (χ3v) is 5.30. The molecule has 0 saturated carbocycles. The number of rotatable bonds is 5. The summed E-state index contributed by atoms with van der Waals surface area (Å²) >= 11 is 1.84. The summed E-state index contributed by atoms with van der Waals surface area (Å²) in [7, 11) is 0. The molecule has 3 rings (SSSR count). The average molecular weight is 304 g/mol. The van der Waals surface area contributed by atoms with Crippen molar-refractivity contribution in [2.75, 3.05) is 6.54 Å². The van der Waals surface area contributed by atoms with Crippen LogP contribution in [0.15, 0.2) is 11.4 Å². The first kappa shape index (κ1) is 14.7. The molecule has 0 amide bonds. The van der Waals surface area contributed by atoms with Crippen LogP contribution in [0.5, 0.6) is 0 Å². The Morgan fingerprint density at radius 1 is 1.43 bits per heavy atom. The van der Waals surface area contributed by atoms with Crippen LogP contribution >= 0.6 is 11.3 Å². The Bertz CT molecular complexity index is 599. The number of hydrogen-bond donors (Lipinski definition) is 1. The van der Waals surface area contributed by atoms with E-state index >= 15 is 0 Å². The SMILES string of the molecule is Cc1ccsc1CNC[C@@H]1CCc2nnc(C(C)C)n2C1. The van der Waals surface area contributed by atoms with Crippen molar-refractivity contribution in [2.45, 2.75) is 52.6 Å². The van der Waals surface area contributed by atoms with Crippen molar-refractivity contribution in [3.8, 4) is 0 Å². The van der Waals surface area contributed by atoms with Gasteiger partial charge in [-0.2, -0.15) is 0 Å². The molecule has 3 heterocycles. The van der Waals surface area contributed by atoms with Crippen LogP contribution in [-0.4, -0.2) is 21.3 Å². The highest BCUT2D eigenvalue weighted by molar-refractivity contribution is 7.10. The molecule has 0 spiro atoms. The highest BCUT2D eigenvalue weighted by atomic mass is 32.1. The maximum absolute atomic E-state index is 4.36. The Kier molecular flexibility index (Phi) is 4.40. The Balaban J connectivity index is 1.56. The normalized spacial score (nSPS) is 18.2. The fraction of sp³-hybridized carbons (Fsp3) is 0.625. The smallest absolute Gasteiger partial charge is 0.135 e. The first-order valence-corrected chi connectivity index (χ1v) is 8.68. The highest BCUT2D eigenvalue weighted by Gasteiger charge is 2.23. The average Bonchev–Trinajstić information content (AvgIpc) is 3.05. The van der Waals surface area contributed by atoms with Crippen LogP contribution < -0.4 is 5.32 Å². The molecule has 114 valence electrons. The lowest BCUT2D eigenvalue weighted by molar-refractivity contribution is 0.340. The molecule has 1 aliphatic rings. The van der Waals surface area contributed by atoms with Crippen molar-refractivity contribution in [3.63, 3.8) is 0 Å². The molecule has 0 aliphatic carbocycles. The molecule has 5 heteroatoms. The molecule has 4 nitrogen and oxygen atoms in total. The van der Waals surface area contributed by atoms with Gasteiger partial charge in [-0.05, 0) is 36.3 Å². The second-order valence-electron chi connectivity index (χ2n) is 6.30. The van der Waals surface area contributed by atoms with Gasteiger partial charge in [0.25, 0.3) is 0 Å². The molecule has 1 N–H and O–H groups in total. The van der Waals surface area contributed by atoms with E-state index in [1.165, 1.54) is 22.7 Å². The van der Waals surface area contributed by atoms with E-state index in [0.717, 1.165) is 31.9 Å². The summed E-state index contributed by atoms with van der Waals surface area (Å²) in [4.78, 5) is 1.46. The summed E-state index contributed by atoms with van der Waals surface area (Å²) in [6.45, 7) is 9.70. The maximum atomic E-state index is 4.36.